The molecule has 1 fully saturated rings. The Hall–Kier alpha value is -0.990. The van der Waals surface area contributed by atoms with Crippen LogP contribution in [0.5, 0.6) is 0 Å². The minimum absolute atomic E-state index is 0.0742. The van der Waals surface area contributed by atoms with Gasteiger partial charge in [-0.3, -0.25) is 4.18 Å². The molecule has 0 amide bonds. The number of aliphatic hydroxyl groups excluding tert-OH is 2. The molecule has 4 atom stereocenters. The Labute approximate surface area is 200 Å². The van der Waals surface area contributed by atoms with E-state index in [1.54, 1.807) is 12.1 Å². The molecular formula is C26H44O6S. The Morgan fingerprint density at radius 3 is 2.21 bits per heavy atom. The molecule has 0 bridgehead atoms. The summed E-state index contributed by atoms with van der Waals surface area (Å²) in [5.74, 6) is 0. The Balaban J connectivity index is 1.58. The number of ether oxygens (including phenoxy) is 1. The van der Waals surface area contributed by atoms with E-state index in [2.05, 4.69) is 6.92 Å². The summed E-state index contributed by atoms with van der Waals surface area (Å²) >= 11 is 0. The third-order valence-electron chi connectivity index (χ3n) is 6.45. The van der Waals surface area contributed by atoms with E-state index in [0.717, 1.165) is 31.2 Å². The summed E-state index contributed by atoms with van der Waals surface area (Å²) in [4.78, 5) is 0.0742. The van der Waals surface area contributed by atoms with Crippen molar-refractivity contribution in [1.82, 2.24) is 0 Å². The Morgan fingerprint density at radius 2 is 1.58 bits per heavy atom. The largest absolute Gasteiger partial charge is 0.393 e. The van der Waals surface area contributed by atoms with E-state index in [1.807, 2.05) is 6.92 Å². The van der Waals surface area contributed by atoms with Crippen LogP contribution in [0, 0.1) is 6.92 Å². The fraction of sp³-hybridized carbons (Fsp3) is 0.769. The van der Waals surface area contributed by atoms with Crippen molar-refractivity contribution in [3.05, 3.63) is 29.8 Å². The van der Waals surface area contributed by atoms with E-state index in [-0.39, 0.29) is 17.6 Å². The standard InChI is InChI=1S/C26H44O6S/c1-3-4-5-6-7-8-9-10-11-12-22(27)19-23-15-18-26(32-23)25(28)20-31-33(29,30)24-16-13-21(2)14-17-24/h13-14,16-17,22-23,25-28H,3-12,15,18-20H2,1-2H3/t22-,23-,25+,26-/m1/s1. The molecule has 190 valence electrons. The van der Waals surface area contributed by atoms with Crippen molar-refractivity contribution in [3.63, 3.8) is 0 Å². The maximum atomic E-state index is 12.3. The van der Waals surface area contributed by atoms with Crippen molar-refractivity contribution < 1.29 is 27.6 Å². The fourth-order valence-corrected chi connectivity index (χ4v) is 5.27. The monoisotopic (exact) mass is 484 g/mol. The highest BCUT2D eigenvalue weighted by Gasteiger charge is 2.33. The maximum absolute atomic E-state index is 12.3. The zero-order chi connectivity index (χ0) is 24.1. The first kappa shape index (κ1) is 28.2. The van der Waals surface area contributed by atoms with Gasteiger partial charge in [0, 0.05) is 0 Å². The van der Waals surface area contributed by atoms with Gasteiger partial charge in [0.15, 0.2) is 0 Å². The van der Waals surface area contributed by atoms with Crippen molar-refractivity contribution >= 4 is 10.1 Å². The Bertz CT molecular complexity index is 749. The lowest BCUT2D eigenvalue weighted by molar-refractivity contribution is -0.0594. The highest BCUT2D eigenvalue weighted by Crippen LogP contribution is 2.27. The first-order valence-corrected chi connectivity index (χ1v) is 14.2. The fourth-order valence-electron chi connectivity index (χ4n) is 4.34. The Kier molecular flexibility index (Phi) is 12.9. The predicted octanol–water partition coefficient (Wildman–Crippen LogP) is 5.28. The molecule has 1 aliphatic heterocycles. The van der Waals surface area contributed by atoms with Crippen LogP contribution in [0.15, 0.2) is 29.2 Å². The summed E-state index contributed by atoms with van der Waals surface area (Å²) < 4.78 is 35.5. The quantitative estimate of drug-likeness (QED) is 0.231. The molecule has 1 aromatic rings. The molecular weight excluding hydrogens is 440 g/mol. The summed E-state index contributed by atoms with van der Waals surface area (Å²) in [6.45, 7) is 3.77. The van der Waals surface area contributed by atoms with Crippen LogP contribution in [0.1, 0.15) is 96.0 Å². The molecule has 0 radical (unpaired) electrons. The lowest BCUT2D eigenvalue weighted by Gasteiger charge is -2.20. The smallest absolute Gasteiger partial charge is 0.297 e. The number of benzene rings is 1. The van der Waals surface area contributed by atoms with Crippen molar-refractivity contribution in [2.24, 2.45) is 0 Å². The molecule has 1 aromatic carbocycles. The van der Waals surface area contributed by atoms with E-state index in [9.17, 15) is 18.6 Å². The zero-order valence-corrected chi connectivity index (χ0v) is 21.3. The minimum Gasteiger partial charge on any atom is -0.393 e. The third-order valence-corrected chi connectivity index (χ3v) is 7.74. The van der Waals surface area contributed by atoms with Crippen molar-refractivity contribution in [3.8, 4) is 0 Å². The lowest BCUT2D eigenvalue weighted by atomic mass is 10.0. The molecule has 1 heterocycles. The van der Waals surface area contributed by atoms with Crippen molar-refractivity contribution in [1.29, 1.82) is 0 Å². The van der Waals surface area contributed by atoms with E-state index >= 15 is 0 Å². The topological polar surface area (TPSA) is 93.1 Å². The van der Waals surface area contributed by atoms with Crippen LogP contribution in [-0.4, -0.2) is 49.7 Å². The average molecular weight is 485 g/mol. The molecule has 0 aliphatic carbocycles. The average Bonchev–Trinajstić information content (AvgIpc) is 3.25. The second-order valence-corrected chi connectivity index (χ2v) is 11.1. The molecule has 7 heteroatoms. The summed E-state index contributed by atoms with van der Waals surface area (Å²) in [5.41, 5.74) is 0.958. The summed E-state index contributed by atoms with van der Waals surface area (Å²) in [6, 6.07) is 6.40. The van der Waals surface area contributed by atoms with Crippen molar-refractivity contribution in [2.45, 2.75) is 127 Å². The number of unbranched alkanes of at least 4 members (excludes halogenated alkanes) is 8. The van der Waals surface area contributed by atoms with Gasteiger partial charge in [0.05, 0.1) is 29.8 Å². The van der Waals surface area contributed by atoms with Crippen LogP contribution < -0.4 is 0 Å². The van der Waals surface area contributed by atoms with Gasteiger partial charge >= 0.3 is 0 Å². The maximum Gasteiger partial charge on any atom is 0.297 e. The van der Waals surface area contributed by atoms with Crippen LogP contribution in [0.25, 0.3) is 0 Å². The second-order valence-electron chi connectivity index (χ2n) is 9.50. The van der Waals surface area contributed by atoms with Gasteiger partial charge in [-0.2, -0.15) is 8.42 Å². The van der Waals surface area contributed by atoms with E-state index < -0.39 is 28.4 Å². The number of hydrogen-bond donors (Lipinski definition) is 2. The predicted molar refractivity (Wildman–Crippen MR) is 131 cm³/mol. The summed E-state index contributed by atoms with van der Waals surface area (Å²) in [5, 5.41) is 20.7. The highest BCUT2D eigenvalue weighted by atomic mass is 32.2. The van der Waals surface area contributed by atoms with Crippen LogP contribution in [0.2, 0.25) is 0 Å². The second kappa shape index (κ2) is 15.1. The number of aryl methyl sites for hydroxylation is 1. The van der Waals surface area contributed by atoms with Crippen LogP contribution in [-0.2, 0) is 19.0 Å². The van der Waals surface area contributed by atoms with Gasteiger partial charge < -0.3 is 14.9 Å². The number of hydrogen-bond acceptors (Lipinski definition) is 6. The third kappa shape index (κ3) is 10.9. The summed E-state index contributed by atoms with van der Waals surface area (Å²) in [7, 11) is -3.91. The van der Waals surface area contributed by atoms with Gasteiger partial charge in [-0.1, -0.05) is 82.4 Å². The van der Waals surface area contributed by atoms with Gasteiger partial charge in [-0.05, 0) is 44.7 Å². The number of aliphatic hydroxyl groups is 2. The SMILES string of the molecule is CCCCCCCCCCC[C@@H](O)C[C@H]1CC[C@H]([C@@H](O)COS(=O)(=O)c2ccc(C)cc2)O1. The summed E-state index contributed by atoms with van der Waals surface area (Å²) in [6.07, 6.45) is 12.1. The molecule has 6 nitrogen and oxygen atoms in total. The zero-order valence-electron chi connectivity index (χ0n) is 20.5. The van der Waals surface area contributed by atoms with E-state index in [4.69, 9.17) is 8.92 Å². The molecule has 33 heavy (non-hydrogen) atoms. The van der Waals surface area contributed by atoms with Crippen LogP contribution >= 0.6 is 0 Å². The highest BCUT2D eigenvalue weighted by molar-refractivity contribution is 7.86. The number of rotatable bonds is 17. The first-order chi connectivity index (χ1) is 15.8. The molecule has 1 saturated heterocycles. The molecule has 0 spiro atoms. The molecule has 0 saturated carbocycles. The van der Waals surface area contributed by atoms with Crippen LogP contribution in [0.3, 0.4) is 0 Å². The lowest BCUT2D eigenvalue weighted by Crippen LogP contribution is -2.32. The van der Waals surface area contributed by atoms with Gasteiger partial charge in [0.2, 0.25) is 0 Å². The van der Waals surface area contributed by atoms with Gasteiger partial charge in [-0.15, -0.1) is 0 Å². The van der Waals surface area contributed by atoms with Gasteiger partial charge in [0.1, 0.15) is 6.10 Å². The van der Waals surface area contributed by atoms with E-state index in [1.165, 1.54) is 57.1 Å². The van der Waals surface area contributed by atoms with Gasteiger partial charge in [-0.25, -0.2) is 0 Å². The first-order valence-electron chi connectivity index (χ1n) is 12.8. The molecule has 0 aromatic heterocycles. The van der Waals surface area contributed by atoms with Gasteiger partial charge in [0.25, 0.3) is 10.1 Å². The van der Waals surface area contributed by atoms with E-state index in [0.29, 0.717) is 12.8 Å². The molecule has 1 aliphatic rings. The van der Waals surface area contributed by atoms with Crippen LogP contribution in [0.4, 0.5) is 0 Å². The minimum atomic E-state index is -3.91. The Morgan fingerprint density at radius 1 is 0.970 bits per heavy atom. The molecule has 2 N–H and O–H groups in total. The normalized spacial score (nSPS) is 20.7. The van der Waals surface area contributed by atoms with Crippen molar-refractivity contribution in [2.75, 3.05) is 6.61 Å². The molecule has 0 unspecified atom stereocenters. The molecule has 2 rings (SSSR count).